The molecule has 2 atom stereocenters. The van der Waals surface area contributed by atoms with Crippen molar-refractivity contribution in [1.82, 2.24) is 20.1 Å². The number of aryl methyl sites for hydroxylation is 1. The summed E-state index contributed by atoms with van der Waals surface area (Å²) in [5.74, 6) is 2.43. The molecule has 17 heavy (non-hydrogen) atoms. The van der Waals surface area contributed by atoms with E-state index in [9.17, 15) is 0 Å². The molecule has 0 bridgehead atoms. The normalized spacial score (nSPS) is 14.8. The van der Waals surface area contributed by atoms with Crippen LogP contribution in [0.2, 0.25) is 0 Å². The van der Waals surface area contributed by atoms with Crippen molar-refractivity contribution in [2.45, 2.75) is 47.1 Å². The smallest absolute Gasteiger partial charge is 0.138 e. The maximum Gasteiger partial charge on any atom is 0.138 e. The molecule has 4 heteroatoms. The van der Waals surface area contributed by atoms with Crippen LogP contribution in [0.3, 0.4) is 0 Å². The van der Waals surface area contributed by atoms with E-state index < -0.39 is 0 Å². The lowest BCUT2D eigenvalue weighted by molar-refractivity contribution is 0.356. The monoisotopic (exact) mass is 238 g/mol. The zero-order valence-electron chi connectivity index (χ0n) is 11.6. The second-order valence-corrected chi connectivity index (χ2v) is 4.87. The van der Waals surface area contributed by atoms with Crippen LogP contribution < -0.4 is 5.32 Å². The summed E-state index contributed by atoms with van der Waals surface area (Å²) in [6, 6.07) is 0. The Balaban J connectivity index is 2.48. The molecule has 4 nitrogen and oxygen atoms in total. The lowest BCUT2D eigenvalue weighted by atomic mass is 9.92. The summed E-state index contributed by atoms with van der Waals surface area (Å²) in [5.41, 5.74) is 0. The van der Waals surface area contributed by atoms with Crippen LogP contribution in [0.5, 0.6) is 0 Å². The van der Waals surface area contributed by atoms with Gasteiger partial charge in [-0.25, -0.2) is 4.98 Å². The number of hydrogen-bond donors (Lipinski definition) is 1. The third kappa shape index (κ3) is 4.46. The Bertz CT molecular complexity index is 308. The van der Waals surface area contributed by atoms with E-state index in [2.05, 4.69) is 43.1 Å². The van der Waals surface area contributed by atoms with Gasteiger partial charge in [0.1, 0.15) is 12.2 Å². The van der Waals surface area contributed by atoms with Crippen LogP contribution in [0.15, 0.2) is 6.33 Å². The molecule has 0 radical (unpaired) electrons. The second kappa shape index (κ2) is 7.43. The number of aromatic nitrogens is 3. The molecule has 1 rings (SSSR count). The largest absolute Gasteiger partial charge is 0.317 e. The maximum absolute atomic E-state index is 4.37. The molecule has 0 saturated carbocycles. The van der Waals surface area contributed by atoms with Crippen LogP contribution in [-0.4, -0.2) is 27.9 Å². The average Bonchev–Trinajstić information content (AvgIpc) is 2.74. The highest BCUT2D eigenvalue weighted by atomic mass is 15.3. The summed E-state index contributed by atoms with van der Waals surface area (Å²) >= 11 is 0. The Morgan fingerprint density at radius 2 is 2.06 bits per heavy atom. The number of hydrogen-bond acceptors (Lipinski definition) is 3. The van der Waals surface area contributed by atoms with Crippen molar-refractivity contribution in [2.75, 3.05) is 13.1 Å². The molecule has 1 aromatic rings. The Hall–Kier alpha value is -0.900. The highest BCUT2D eigenvalue weighted by Gasteiger charge is 2.15. The van der Waals surface area contributed by atoms with E-state index in [0.29, 0.717) is 11.8 Å². The van der Waals surface area contributed by atoms with Crippen molar-refractivity contribution in [3.05, 3.63) is 12.2 Å². The minimum atomic E-state index is 0.633. The van der Waals surface area contributed by atoms with Gasteiger partial charge < -0.3 is 5.32 Å². The standard InChI is InChI=1S/C13H26N4/c1-5-7-17-13(15-10-16-17)8-11(3)12(4)9-14-6-2/h10-12,14H,5-9H2,1-4H3. The molecular weight excluding hydrogens is 212 g/mol. The minimum absolute atomic E-state index is 0.633. The lowest BCUT2D eigenvalue weighted by Gasteiger charge is -2.19. The molecule has 1 aromatic heterocycles. The molecule has 0 saturated heterocycles. The molecule has 1 heterocycles. The fraction of sp³-hybridized carbons (Fsp3) is 0.846. The molecule has 0 aliphatic carbocycles. The van der Waals surface area contributed by atoms with Crippen molar-refractivity contribution in [1.29, 1.82) is 0 Å². The van der Waals surface area contributed by atoms with E-state index in [1.54, 1.807) is 6.33 Å². The summed E-state index contributed by atoms with van der Waals surface area (Å²) in [5, 5.41) is 7.68. The summed E-state index contributed by atoms with van der Waals surface area (Å²) in [6.45, 7) is 12.0. The zero-order valence-corrected chi connectivity index (χ0v) is 11.6. The van der Waals surface area contributed by atoms with Gasteiger partial charge in [-0.05, 0) is 31.3 Å². The van der Waals surface area contributed by atoms with Crippen molar-refractivity contribution in [3.8, 4) is 0 Å². The Labute approximate surface area is 105 Å². The quantitative estimate of drug-likeness (QED) is 0.754. The number of rotatable bonds is 8. The fourth-order valence-electron chi connectivity index (χ4n) is 1.91. The van der Waals surface area contributed by atoms with Gasteiger partial charge in [-0.2, -0.15) is 5.10 Å². The van der Waals surface area contributed by atoms with E-state index in [1.807, 2.05) is 4.68 Å². The van der Waals surface area contributed by atoms with Crippen LogP contribution in [-0.2, 0) is 13.0 Å². The van der Waals surface area contributed by atoms with E-state index in [1.165, 1.54) is 0 Å². The van der Waals surface area contributed by atoms with Crippen molar-refractivity contribution < 1.29 is 0 Å². The van der Waals surface area contributed by atoms with Gasteiger partial charge in [0.15, 0.2) is 0 Å². The Morgan fingerprint density at radius 1 is 1.29 bits per heavy atom. The van der Waals surface area contributed by atoms with Crippen LogP contribution in [0.4, 0.5) is 0 Å². The predicted octanol–water partition coefficient (Wildman–Crippen LogP) is 2.11. The highest BCUT2D eigenvalue weighted by molar-refractivity contribution is 4.87. The second-order valence-electron chi connectivity index (χ2n) is 4.87. The predicted molar refractivity (Wildman–Crippen MR) is 70.9 cm³/mol. The van der Waals surface area contributed by atoms with Crippen LogP contribution in [0, 0.1) is 11.8 Å². The molecule has 0 aromatic carbocycles. The highest BCUT2D eigenvalue weighted by Crippen LogP contribution is 2.15. The first kappa shape index (κ1) is 14.2. The Kier molecular flexibility index (Phi) is 6.19. The topological polar surface area (TPSA) is 42.7 Å². The summed E-state index contributed by atoms with van der Waals surface area (Å²) in [7, 11) is 0. The molecule has 0 amide bonds. The van der Waals surface area contributed by atoms with Gasteiger partial charge in [0.2, 0.25) is 0 Å². The molecule has 0 aliphatic heterocycles. The van der Waals surface area contributed by atoms with Crippen molar-refractivity contribution in [2.24, 2.45) is 11.8 Å². The van der Waals surface area contributed by atoms with Crippen LogP contribution in [0.1, 0.15) is 39.9 Å². The Morgan fingerprint density at radius 3 is 2.71 bits per heavy atom. The first-order valence-corrected chi connectivity index (χ1v) is 6.76. The minimum Gasteiger partial charge on any atom is -0.317 e. The van der Waals surface area contributed by atoms with Crippen LogP contribution >= 0.6 is 0 Å². The number of nitrogens with zero attached hydrogens (tertiary/aromatic N) is 3. The molecule has 1 N–H and O–H groups in total. The molecular formula is C13H26N4. The maximum atomic E-state index is 4.37. The van der Waals surface area contributed by atoms with E-state index in [-0.39, 0.29) is 0 Å². The molecule has 2 unspecified atom stereocenters. The van der Waals surface area contributed by atoms with E-state index in [4.69, 9.17) is 0 Å². The SMILES string of the molecule is CCCn1ncnc1CC(C)C(C)CNCC. The van der Waals surface area contributed by atoms with Gasteiger partial charge in [0.05, 0.1) is 0 Å². The van der Waals surface area contributed by atoms with E-state index in [0.717, 1.165) is 38.3 Å². The third-order valence-corrected chi connectivity index (χ3v) is 3.32. The van der Waals surface area contributed by atoms with Gasteiger partial charge in [0.25, 0.3) is 0 Å². The summed E-state index contributed by atoms with van der Waals surface area (Å²) in [6.07, 6.45) is 3.80. The van der Waals surface area contributed by atoms with E-state index >= 15 is 0 Å². The van der Waals surface area contributed by atoms with Crippen molar-refractivity contribution in [3.63, 3.8) is 0 Å². The molecule has 98 valence electrons. The first-order valence-electron chi connectivity index (χ1n) is 6.76. The number of nitrogens with one attached hydrogen (secondary N) is 1. The van der Waals surface area contributed by atoms with Gasteiger partial charge in [-0.3, -0.25) is 4.68 Å². The summed E-state index contributed by atoms with van der Waals surface area (Å²) < 4.78 is 2.04. The zero-order chi connectivity index (χ0) is 12.7. The first-order chi connectivity index (χ1) is 8.19. The van der Waals surface area contributed by atoms with Crippen molar-refractivity contribution >= 4 is 0 Å². The van der Waals surface area contributed by atoms with Gasteiger partial charge >= 0.3 is 0 Å². The van der Waals surface area contributed by atoms with Gasteiger partial charge in [0, 0.05) is 13.0 Å². The molecule has 0 spiro atoms. The lowest BCUT2D eigenvalue weighted by Crippen LogP contribution is -2.26. The van der Waals surface area contributed by atoms with Gasteiger partial charge in [-0.15, -0.1) is 0 Å². The molecule has 0 fully saturated rings. The summed E-state index contributed by atoms with van der Waals surface area (Å²) in [4.78, 5) is 4.37. The van der Waals surface area contributed by atoms with Crippen LogP contribution in [0.25, 0.3) is 0 Å². The van der Waals surface area contributed by atoms with Gasteiger partial charge in [-0.1, -0.05) is 27.7 Å². The molecule has 0 aliphatic rings. The third-order valence-electron chi connectivity index (χ3n) is 3.32. The average molecular weight is 238 g/mol. The fourth-order valence-corrected chi connectivity index (χ4v) is 1.91.